The van der Waals surface area contributed by atoms with E-state index >= 15 is 0 Å². The Morgan fingerprint density at radius 3 is 2.69 bits per heavy atom. The summed E-state index contributed by atoms with van der Waals surface area (Å²) >= 11 is 0. The van der Waals surface area contributed by atoms with Crippen LogP contribution in [0.15, 0.2) is 42.5 Å². The van der Waals surface area contributed by atoms with Gasteiger partial charge in [0.2, 0.25) is 0 Å². The monoisotopic (exact) mass is 355 g/mol. The lowest BCUT2D eigenvalue weighted by Crippen LogP contribution is -2.25. The van der Waals surface area contributed by atoms with Crippen molar-refractivity contribution in [2.75, 3.05) is 18.5 Å². The van der Waals surface area contributed by atoms with E-state index in [0.29, 0.717) is 23.8 Å². The van der Waals surface area contributed by atoms with Gasteiger partial charge in [0.1, 0.15) is 11.4 Å². The molecule has 3 rings (SSSR count). The summed E-state index contributed by atoms with van der Waals surface area (Å²) in [4.78, 5) is 12.3. The quantitative estimate of drug-likeness (QED) is 0.808. The van der Waals surface area contributed by atoms with E-state index in [1.54, 1.807) is 0 Å². The van der Waals surface area contributed by atoms with Gasteiger partial charge in [0.05, 0.1) is 12.3 Å². The van der Waals surface area contributed by atoms with Gasteiger partial charge in [-0.25, -0.2) is 0 Å². The molecule has 26 heavy (non-hydrogen) atoms. The molecule has 0 fully saturated rings. The molecule has 1 amide bonds. The molecule has 2 aromatic carbocycles. The summed E-state index contributed by atoms with van der Waals surface area (Å²) in [6, 6.07) is 13.2. The fourth-order valence-electron chi connectivity index (χ4n) is 2.94. The van der Waals surface area contributed by atoms with E-state index < -0.39 is 0 Å². The van der Waals surface area contributed by atoms with Crippen molar-refractivity contribution < 1.29 is 19.0 Å². The number of hydrogen-bond donors (Lipinski definition) is 1. The molecule has 0 radical (unpaired) electrons. The second-order valence-corrected chi connectivity index (χ2v) is 6.96. The van der Waals surface area contributed by atoms with Crippen molar-refractivity contribution in [1.29, 1.82) is 0 Å². The molecule has 0 aromatic heterocycles. The second-order valence-electron chi connectivity index (χ2n) is 6.96. The second kappa shape index (κ2) is 7.68. The highest BCUT2D eigenvalue weighted by Crippen LogP contribution is 2.41. The number of para-hydroxylation sites is 3. The Balaban J connectivity index is 1.62. The number of hydrogen-bond acceptors (Lipinski definition) is 4. The highest BCUT2D eigenvalue weighted by atomic mass is 16.5. The third kappa shape index (κ3) is 4.28. The molecule has 0 atom stereocenters. The van der Waals surface area contributed by atoms with Crippen molar-refractivity contribution >= 4 is 11.6 Å². The van der Waals surface area contributed by atoms with Crippen LogP contribution in [0.2, 0.25) is 0 Å². The van der Waals surface area contributed by atoms with E-state index in [4.69, 9.17) is 14.2 Å². The number of nitrogens with one attached hydrogen (secondary N) is 1. The largest absolute Gasteiger partial charge is 0.491 e. The normalized spacial score (nSPS) is 14.3. The third-order valence-electron chi connectivity index (χ3n) is 4.04. The molecule has 1 N–H and O–H groups in total. The minimum atomic E-state index is -0.250. The lowest BCUT2D eigenvalue weighted by atomic mass is 10.0. The average molecular weight is 355 g/mol. The maximum Gasteiger partial charge on any atom is 0.262 e. The average Bonchev–Trinajstić information content (AvgIpc) is 2.93. The first-order chi connectivity index (χ1) is 12.5. The molecule has 138 valence electrons. The first-order valence-electron chi connectivity index (χ1n) is 8.94. The zero-order valence-electron chi connectivity index (χ0n) is 15.5. The summed E-state index contributed by atoms with van der Waals surface area (Å²) in [5.41, 5.74) is 1.50. The van der Waals surface area contributed by atoms with Crippen LogP contribution in [0.25, 0.3) is 0 Å². The number of fused-ring (bicyclic) bond motifs is 1. The fourth-order valence-corrected chi connectivity index (χ4v) is 2.94. The van der Waals surface area contributed by atoms with Crippen LogP contribution >= 0.6 is 0 Å². The Morgan fingerprint density at radius 1 is 1.12 bits per heavy atom. The van der Waals surface area contributed by atoms with Gasteiger partial charge in [0.15, 0.2) is 18.1 Å². The van der Waals surface area contributed by atoms with Crippen molar-refractivity contribution in [1.82, 2.24) is 0 Å². The maximum atomic E-state index is 12.3. The van der Waals surface area contributed by atoms with E-state index in [0.717, 1.165) is 24.2 Å². The summed E-state index contributed by atoms with van der Waals surface area (Å²) in [7, 11) is 0. The van der Waals surface area contributed by atoms with Crippen molar-refractivity contribution in [2.45, 2.75) is 39.2 Å². The van der Waals surface area contributed by atoms with Crippen LogP contribution in [0.1, 0.15) is 32.8 Å². The van der Waals surface area contributed by atoms with Crippen LogP contribution < -0.4 is 19.5 Å². The van der Waals surface area contributed by atoms with Crippen molar-refractivity contribution in [3.05, 3.63) is 48.0 Å². The van der Waals surface area contributed by atoms with Gasteiger partial charge in [-0.05, 0) is 38.5 Å². The van der Waals surface area contributed by atoms with E-state index in [9.17, 15) is 4.79 Å². The zero-order chi connectivity index (χ0) is 18.6. The molecular weight excluding hydrogens is 330 g/mol. The van der Waals surface area contributed by atoms with Gasteiger partial charge in [-0.2, -0.15) is 0 Å². The lowest BCUT2D eigenvalue weighted by molar-refractivity contribution is -0.118. The minimum Gasteiger partial charge on any atom is -0.491 e. The Bertz CT molecular complexity index is 785. The number of carbonyl (C=O) groups is 1. The summed E-state index contributed by atoms with van der Waals surface area (Å²) < 4.78 is 17.3. The number of ether oxygens (including phenoxy) is 3. The summed E-state index contributed by atoms with van der Waals surface area (Å²) in [5, 5.41) is 2.84. The predicted molar refractivity (Wildman–Crippen MR) is 101 cm³/mol. The predicted octanol–water partition coefficient (Wildman–Crippen LogP) is 4.21. The fraction of sp³-hybridized carbons (Fsp3) is 0.381. The summed E-state index contributed by atoms with van der Waals surface area (Å²) in [6.45, 7) is 6.62. The Hall–Kier alpha value is -2.69. The Labute approximate surface area is 154 Å². The minimum absolute atomic E-state index is 0.0949. The maximum absolute atomic E-state index is 12.3. The van der Waals surface area contributed by atoms with Gasteiger partial charge in [0.25, 0.3) is 5.91 Å². The number of rotatable bonds is 7. The van der Waals surface area contributed by atoms with Crippen molar-refractivity contribution in [2.24, 2.45) is 0 Å². The summed E-state index contributed by atoms with van der Waals surface area (Å²) in [6.07, 6.45) is 1.73. The van der Waals surface area contributed by atoms with E-state index in [1.165, 1.54) is 0 Å². The van der Waals surface area contributed by atoms with E-state index in [1.807, 2.05) is 63.2 Å². The number of benzene rings is 2. The lowest BCUT2D eigenvalue weighted by Gasteiger charge is -2.18. The van der Waals surface area contributed by atoms with Crippen molar-refractivity contribution in [3.8, 4) is 17.2 Å². The van der Waals surface area contributed by atoms with Gasteiger partial charge in [-0.3, -0.25) is 4.79 Å². The van der Waals surface area contributed by atoms with Crippen LogP contribution in [-0.2, 0) is 11.2 Å². The third-order valence-corrected chi connectivity index (χ3v) is 4.04. The Kier molecular flexibility index (Phi) is 5.35. The molecule has 5 nitrogen and oxygen atoms in total. The smallest absolute Gasteiger partial charge is 0.262 e. The molecule has 1 heterocycles. The van der Waals surface area contributed by atoms with Crippen molar-refractivity contribution in [3.63, 3.8) is 0 Å². The molecule has 0 saturated carbocycles. The van der Waals surface area contributed by atoms with Crippen LogP contribution in [0.3, 0.4) is 0 Å². The van der Waals surface area contributed by atoms with Crippen LogP contribution in [0.5, 0.6) is 17.2 Å². The van der Waals surface area contributed by atoms with E-state index in [-0.39, 0.29) is 18.1 Å². The molecule has 0 saturated heterocycles. The van der Waals surface area contributed by atoms with Crippen LogP contribution in [0.4, 0.5) is 5.69 Å². The van der Waals surface area contributed by atoms with Crippen LogP contribution in [-0.4, -0.2) is 24.7 Å². The van der Waals surface area contributed by atoms with Gasteiger partial charge in [-0.15, -0.1) is 0 Å². The topological polar surface area (TPSA) is 56.8 Å². The van der Waals surface area contributed by atoms with Gasteiger partial charge in [-0.1, -0.05) is 31.2 Å². The van der Waals surface area contributed by atoms with Crippen LogP contribution in [0, 0.1) is 0 Å². The Morgan fingerprint density at radius 2 is 1.88 bits per heavy atom. The van der Waals surface area contributed by atoms with Gasteiger partial charge in [0, 0.05) is 12.0 Å². The molecule has 0 bridgehead atoms. The molecular formula is C21H25NO4. The van der Waals surface area contributed by atoms with Gasteiger partial charge < -0.3 is 19.5 Å². The first kappa shape index (κ1) is 18.1. The molecule has 1 aliphatic heterocycles. The summed E-state index contributed by atoms with van der Waals surface area (Å²) in [5.74, 6) is 1.75. The number of carbonyl (C=O) groups excluding carboxylic acids is 1. The highest BCUT2D eigenvalue weighted by molar-refractivity contribution is 5.93. The SMILES string of the molecule is CCCOc1ccccc1NC(=O)COc1cccc2c1OC(C)(C)C2. The number of anilines is 1. The van der Waals surface area contributed by atoms with Gasteiger partial charge >= 0.3 is 0 Å². The first-order valence-corrected chi connectivity index (χ1v) is 8.94. The zero-order valence-corrected chi connectivity index (χ0v) is 15.5. The molecule has 0 unspecified atom stereocenters. The standard InChI is InChI=1S/C21H25NO4/c1-4-12-24-17-10-6-5-9-16(17)22-19(23)14-25-18-11-7-8-15-13-21(2,3)26-20(15)18/h5-11H,4,12-14H2,1-3H3,(H,22,23). The molecule has 0 aliphatic carbocycles. The molecule has 1 aliphatic rings. The van der Waals surface area contributed by atoms with E-state index in [2.05, 4.69) is 5.32 Å². The number of amides is 1. The molecule has 0 spiro atoms. The highest BCUT2D eigenvalue weighted by Gasteiger charge is 2.32. The molecule has 5 heteroatoms. The molecule has 2 aromatic rings.